The van der Waals surface area contributed by atoms with Crippen LogP contribution in [0.3, 0.4) is 0 Å². The molecule has 242 valence electrons. The second-order valence-corrected chi connectivity index (χ2v) is 9.47. The first-order valence-electron chi connectivity index (χ1n) is 12.9. The van der Waals surface area contributed by atoms with Gasteiger partial charge in [0.1, 0.15) is 5.75 Å². The number of pyridine rings is 1. The summed E-state index contributed by atoms with van der Waals surface area (Å²) in [5.74, 6) is -1.65. The van der Waals surface area contributed by atoms with Gasteiger partial charge in [0.05, 0.1) is 11.2 Å². The van der Waals surface area contributed by atoms with Crippen LogP contribution in [0.25, 0.3) is 22.2 Å². The number of hydrogen-bond acceptors (Lipinski definition) is 7. The molecule has 0 amide bonds. The summed E-state index contributed by atoms with van der Waals surface area (Å²) in [5, 5.41) is 0.688. The van der Waals surface area contributed by atoms with Crippen molar-refractivity contribution in [2.24, 2.45) is 7.05 Å². The number of nitrogens with zero attached hydrogens (tertiary/aromatic N) is 2. The number of esters is 1. The summed E-state index contributed by atoms with van der Waals surface area (Å²) in [7, 11) is 1.71. The highest BCUT2D eigenvalue weighted by molar-refractivity contribution is 5.88. The number of carbonyl (C=O) groups excluding carboxylic acids is 1. The van der Waals surface area contributed by atoms with Crippen molar-refractivity contribution in [3.05, 3.63) is 59.9 Å². The van der Waals surface area contributed by atoms with Crippen LogP contribution < -0.4 is 4.74 Å². The largest absolute Gasteiger partial charge is 0.496 e. The maximum Gasteiger partial charge on any atom is 0.496 e. The third-order valence-corrected chi connectivity index (χ3v) is 5.92. The van der Waals surface area contributed by atoms with Crippen molar-refractivity contribution in [2.75, 3.05) is 13.2 Å². The summed E-state index contributed by atoms with van der Waals surface area (Å²) in [4.78, 5) is 15.8. The Hall–Kier alpha value is -3.76. The monoisotopic (exact) mass is 640 g/mol. The average molecular weight is 641 g/mol. The van der Waals surface area contributed by atoms with E-state index in [-0.39, 0.29) is 11.3 Å². The smallest absolute Gasteiger partial charge is 0.484 e. The van der Waals surface area contributed by atoms with E-state index in [0.29, 0.717) is 17.3 Å². The molecular formula is C28H28F8N2O6. The molecule has 0 atom stereocenters. The minimum absolute atomic E-state index is 0.217. The third-order valence-electron chi connectivity index (χ3n) is 5.92. The van der Waals surface area contributed by atoms with E-state index in [4.69, 9.17) is 4.74 Å². The molecule has 0 unspecified atom stereocenters. The lowest BCUT2D eigenvalue weighted by Gasteiger charge is -2.27. The van der Waals surface area contributed by atoms with Crippen LogP contribution >= 0.6 is 0 Å². The van der Waals surface area contributed by atoms with E-state index in [0.717, 1.165) is 36.0 Å². The van der Waals surface area contributed by atoms with Crippen LogP contribution in [0.2, 0.25) is 0 Å². The zero-order valence-corrected chi connectivity index (χ0v) is 23.9. The molecule has 0 N–H and O–H groups in total. The number of benzene rings is 1. The molecule has 0 bridgehead atoms. The Kier molecular flexibility index (Phi) is 10.3. The van der Waals surface area contributed by atoms with Crippen molar-refractivity contribution >= 4 is 16.9 Å². The number of aromatic nitrogens is 2. The highest BCUT2D eigenvalue weighted by Crippen LogP contribution is 2.37. The molecule has 0 saturated heterocycles. The van der Waals surface area contributed by atoms with Crippen LogP contribution in [-0.4, -0.2) is 53.5 Å². The Bertz CT molecular complexity index is 1510. The van der Waals surface area contributed by atoms with Crippen molar-refractivity contribution in [1.82, 2.24) is 9.55 Å². The number of halogens is 8. The van der Waals surface area contributed by atoms with E-state index in [1.165, 1.54) is 18.2 Å². The summed E-state index contributed by atoms with van der Waals surface area (Å²) in [6.45, 7) is 3.97. The van der Waals surface area contributed by atoms with E-state index in [1.807, 2.05) is 32.0 Å². The molecule has 0 radical (unpaired) electrons. The summed E-state index contributed by atoms with van der Waals surface area (Å²) >= 11 is 0. The van der Waals surface area contributed by atoms with Crippen molar-refractivity contribution in [1.29, 1.82) is 0 Å². The molecule has 3 rings (SSSR count). The Labute approximate surface area is 246 Å². The average Bonchev–Trinajstić information content (AvgIpc) is 3.23. The first kappa shape index (κ1) is 34.7. The van der Waals surface area contributed by atoms with E-state index < -0.39 is 44.0 Å². The van der Waals surface area contributed by atoms with Gasteiger partial charge < -0.3 is 14.0 Å². The fraction of sp³-hybridized carbons (Fsp3) is 0.429. The molecule has 0 spiro atoms. The second kappa shape index (κ2) is 13.1. The zero-order chi connectivity index (χ0) is 33.1. The van der Waals surface area contributed by atoms with Crippen LogP contribution in [0.1, 0.15) is 32.2 Å². The number of aryl methyl sites for hydroxylation is 3. The molecule has 8 nitrogen and oxygen atoms in total. The Morgan fingerprint density at radius 2 is 1.48 bits per heavy atom. The van der Waals surface area contributed by atoms with Crippen LogP contribution in [0.4, 0.5) is 35.1 Å². The van der Waals surface area contributed by atoms with E-state index >= 15 is 0 Å². The van der Waals surface area contributed by atoms with Crippen LogP contribution in [0.15, 0.2) is 48.6 Å². The molecule has 44 heavy (non-hydrogen) atoms. The highest BCUT2D eigenvalue weighted by Gasteiger charge is 2.57. The van der Waals surface area contributed by atoms with Crippen molar-refractivity contribution < 1.29 is 63.6 Å². The highest BCUT2D eigenvalue weighted by atomic mass is 19.3. The fourth-order valence-corrected chi connectivity index (χ4v) is 3.93. The number of fused-ring (bicyclic) bond motifs is 1. The first-order chi connectivity index (χ1) is 20.3. The van der Waals surface area contributed by atoms with Gasteiger partial charge in [0.25, 0.3) is 0 Å². The SMILES string of the molecule is C=C(C)C(=O)OCC(F)(F)OC(F)(F)OC(F)(F)OC(F)(F)COc1ccc2cc(-c3ccc(CC)nc3CC)n(C)c2c1. The van der Waals surface area contributed by atoms with Crippen molar-refractivity contribution in [2.45, 2.75) is 58.4 Å². The predicted octanol–water partition coefficient (Wildman–Crippen LogP) is 7.20. The molecule has 0 fully saturated rings. The number of hydrogen-bond donors (Lipinski definition) is 0. The predicted molar refractivity (Wildman–Crippen MR) is 139 cm³/mol. The van der Waals surface area contributed by atoms with Crippen LogP contribution in [-0.2, 0) is 43.6 Å². The zero-order valence-electron chi connectivity index (χ0n) is 23.9. The normalized spacial score (nSPS) is 12.9. The Morgan fingerprint density at radius 3 is 2.05 bits per heavy atom. The van der Waals surface area contributed by atoms with Gasteiger partial charge in [-0.3, -0.25) is 4.98 Å². The fourth-order valence-electron chi connectivity index (χ4n) is 3.93. The number of carbonyl (C=O) groups is 1. The number of alkyl halides is 8. The van der Waals surface area contributed by atoms with Gasteiger partial charge in [0, 0.05) is 41.0 Å². The summed E-state index contributed by atoms with van der Waals surface area (Å²) in [6, 6.07) is 9.78. The van der Waals surface area contributed by atoms with Gasteiger partial charge in [0.15, 0.2) is 13.2 Å². The minimum atomic E-state index is -5.88. The molecule has 2 heterocycles. The van der Waals surface area contributed by atoms with Gasteiger partial charge >= 0.3 is 30.8 Å². The summed E-state index contributed by atoms with van der Waals surface area (Å²) in [6.07, 6.45) is -20.4. The number of ether oxygens (including phenoxy) is 5. The molecule has 1 aromatic carbocycles. The van der Waals surface area contributed by atoms with Gasteiger partial charge in [-0.05, 0) is 50.1 Å². The van der Waals surface area contributed by atoms with Crippen LogP contribution in [0.5, 0.6) is 5.75 Å². The molecule has 0 saturated carbocycles. The maximum absolute atomic E-state index is 14.1. The summed E-state index contributed by atoms with van der Waals surface area (Å²) < 4.78 is 129. The van der Waals surface area contributed by atoms with Crippen molar-refractivity contribution in [3.63, 3.8) is 0 Å². The molecule has 16 heteroatoms. The topological polar surface area (TPSA) is 81.0 Å². The van der Waals surface area contributed by atoms with Gasteiger partial charge in [-0.25, -0.2) is 19.0 Å². The third kappa shape index (κ3) is 9.12. The molecule has 3 aromatic rings. The lowest BCUT2D eigenvalue weighted by atomic mass is 10.1. The molecule has 0 aliphatic carbocycles. The van der Waals surface area contributed by atoms with E-state index in [1.54, 1.807) is 11.6 Å². The van der Waals surface area contributed by atoms with Gasteiger partial charge in [-0.2, -0.15) is 17.6 Å². The van der Waals surface area contributed by atoms with Crippen molar-refractivity contribution in [3.8, 4) is 17.0 Å². The summed E-state index contributed by atoms with van der Waals surface area (Å²) in [5.41, 5.74) is 3.50. The molecule has 0 aliphatic heterocycles. The Balaban J connectivity index is 1.67. The van der Waals surface area contributed by atoms with E-state index in [2.05, 4.69) is 30.5 Å². The molecule has 0 aliphatic rings. The Morgan fingerprint density at radius 1 is 0.864 bits per heavy atom. The number of rotatable bonds is 15. The standard InChI is InChI=1S/C28H28F8N2O6/c1-6-18-9-11-20(21(7-2)37-18)23-12-17-8-10-19(13-22(17)38(23)5)40-14-25(29,30)42-27(33,34)44-28(35,36)43-26(31,32)15-41-24(39)16(3)4/h8-13H,3,6-7,14-15H2,1-2,4-5H3. The van der Waals surface area contributed by atoms with Crippen LogP contribution in [0, 0.1) is 0 Å². The lowest BCUT2D eigenvalue weighted by molar-refractivity contribution is -0.574. The second-order valence-electron chi connectivity index (χ2n) is 9.47. The molecular weight excluding hydrogens is 612 g/mol. The lowest BCUT2D eigenvalue weighted by Crippen LogP contribution is -2.46. The van der Waals surface area contributed by atoms with Gasteiger partial charge in [-0.1, -0.05) is 20.4 Å². The van der Waals surface area contributed by atoms with Gasteiger partial charge in [-0.15, -0.1) is 17.6 Å². The van der Waals surface area contributed by atoms with Gasteiger partial charge in [0.2, 0.25) is 0 Å². The first-order valence-corrected chi connectivity index (χ1v) is 12.9. The van der Waals surface area contributed by atoms with E-state index in [9.17, 15) is 39.9 Å². The quantitative estimate of drug-likeness (QED) is 0.0753. The minimum Gasteiger partial charge on any atom is -0.484 e. The maximum atomic E-state index is 14.1. The molecule has 2 aromatic heterocycles.